The molecular weight excluding hydrogens is 264 g/mol. The Morgan fingerprint density at radius 1 is 1.11 bits per heavy atom. The van der Waals surface area contributed by atoms with E-state index in [1.807, 2.05) is 0 Å². The number of carbonyl (C=O) groups is 1. The molecule has 2 aliphatic heterocycles. The first-order chi connectivity index (χ1) is 8.53. The van der Waals surface area contributed by atoms with E-state index in [9.17, 15) is 13.2 Å². The minimum atomic E-state index is -3.75. The lowest BCUT2D eigenvalue weighted by Crippen LogP contribution is -2.58. The van der Waals surface area contributed by atoms with E-state index in [1.165, 1.54) is 4.31 Å². The fraction of sp³-hybridized carbons (Fsp3) is 0.889. The minimum absolute atomic E-state index is 0.0661. The van der Waals surface area contributed by atoms with Gasteiger partial charge in [-0.3, -0.25) is 4.79 Å². The van der Waals surface area contributed by atoms with Crippen molar-refractivity contribution < 1.29 is 27.8 Å². The monoisotopic (exact) mass is 280 g/mol. The van der Waals surface area contributed by atoms with Gasteiger partial charge in [-0.1, -0.05) is 0 Å². The summed E-state index contributed by atoms with van der Waals surface area (Å²) in [4.78, 5) is 11.1. The Morgan fingerprint density at radius 2 is 1.72 bits per heavy atom. The van der Waals surface area contributed by atoms with Crippen LogP contribution in [0.4, 0.5) is 0 Å². The number of hydrogen-bond acceptors (Lipinski definition) is 5. The minimum Gasteiger partial charge on any atom is -0.480 e. The molecule has 8 nitrogen and oxygen atoms in total. The summed E-state index contributed by atoms with van der Waals surface area (Å²) in [5.41, 5.74) is 0. The number of nitrogens with zero attached hydrogens (tertiary/aromatic N) is 2. The topological polar surface area (TPSA) is 96.4 Å². The maximum absolute atomic E-state index is 12.3. The number of rotatable bonds is 3. The maximum atomic E-state index is 12.3. The van der Waals surface area contributed by atoms with Gasteiger partial charge in [-0.25, -0.2) is 0 Å². The van der Waals surface area contributed by atoms with E-state index < -0.39 is 22.2 Å². The lowest BCUT2D eigenvalue weighted by atomic mass is 10.3. The normalized spacial score (nSPS) is 28.1. The van der Waals surface area contributed by atoms with Crippen LogP contribution in [0, 0.1) is 0 Å². The predicted octanol–water partition coefficient (Wildman–Crippen LogP) is -1.65. The molecule has 1 atom stereocenters. The molecule has 0 spiro atoms. The number of morpholine rings is 2. The summed E-state index contributed by atoms with van der Waals surface area (Å²) in [5, 5.41) is 9.04. The average molecular weight is 280 g/mol. The second kappa shape index (κ2) is 5.49. The van der Waals surface area contributed by atoms with Gasteiger partial charge in [-0.05, 0) is 0 Å². The van der Waals surface area contributed by atoms with Gasteiger partial charge >= 0.3 is 5.97 Å². The summed E-state index contributed by atoms with van der Waals surface area (Å²) < 4.78 is 37.0. The van der Waals surface area contributed by atoms with Crippen LogP contribution in [0.15, 0.2) is 0 Å². The molecular formula is C9H16N2O6S. The Hall–Kier alpha value is -0.740. The van der Waals surface area contributed by atoms with Crippen LogP contribution >= 0.6 is 0 Å². The van der Waals surface area contributed by atoms with E-state index in [1.54, 1.807) is 0 Å². The highest BCUT2D eigenvalue weighted by atomic mass is 32.2. The van der Waals surface area contributed by atoms with Crippen LogP contribution in [0.5, 0.6) is 0 Å². The molecule has 0 radical (unpaired) electrons. The molecule has 0 aliphatic carbocycles. The van der Waals surface area contributed by atoms with Gasteiger partial charge in [-0.2, -0.15) is 17.0 Å². The summed E-state index contributed by atoms with van der Waals surface area (Å²) in [7, 11) is -3.75. The molecule has 1 unspecified atom stereocenters. The van der Waals surface area contributed by atoms with Gasteiger partial charge in [-0.15, -0.1) is 0 Å². The van der Waals surface area contributed by atoms with Gasteiger partial charge in [0.15, 0.2) is 0 Å². The molecule has 9 heteroatoms. The number of ether oxygens (including phenoxy) is 2. The average Bonchev–Trinajstić information content (AvgIpc) is 2.39. The molecule has 0 aromatic heterocycles. The van der Waals surface area contributed by atoms with Crippen LogP contribution < -0.4 is 0 Å². The Kier molecular flexibility index (Phi) is 4.17. The van der Waals surface area contributed by atoms with Crippen LogP contribution in [0.1, 0.15) is 0 Å². The van der Waals surface area contributed by atoms with E-state index in [2.05, 4.69) is 0 Å². The second-order valence-electron chi connectivity index (χ2n) is 4.06. The summed E-state index contributed by atoms with van der Waals surface area (Å²) in [5.74, 6) is -1.19. The first kappa shape index (κ1) is 13.7. The third kappa shape index (κ3) is 2.64. The standard InChI is InChI=1S/C9H16N2O6S/c12-9(13)8-7-17-6-3-11(8)18(14,15)10-1-4-16-5-2-10/h8H,1-7H2,(H,12,13). The molecule has 2 saturated heterocycles. The lowest BCUT2D eigenvalue weighted by molar-refractivity contribution is -0.146. The summed E-state index contributed by atoms with van der Waals surface area (Å²) in [6.07, 6.45) is 0. The van der Waals surface area contributed by atoms with E-state index in [0.717, 1.165) is 4.31 Å². The zero-order valence-corrected chi connectivity index (χ0v) is 10.6. The Labute approximate surface area is 105 Å². The van der Waals surface area contributed by atoms with E-state index >= 15 is 0 Å². The summed E-state index contributed by atoms with van der Waals surface area (Å²) in [6, 6.07) is -1.15. The fourth-order valence-electron chi connectivity index (χ4n) is 1.98. The highest BCUT2D eigenvalue weighted by Crippen LogP contribution is 2.17. The zero-order chi connectivity index (χ0) is 13.2. The van der Waals surface area contributed by atoms with Crippen LogP contribution in [-0.4, -0.2) is 80.2 Å². The van der Waals surface area contributed by atoms with Gasteiger partial charge in [0.05, 0.1) is 26.4 Å². The van der Waals surface area contributed by atoms with E-state index in [4.69, 9.17) is 14.6 Å². The third-order valence-electron chi connectivity index (χ3n) is 2.96. The Bertz CT molecular complexity index is 405. The molecule has 18 heavy (non-hydrogen) atoms. The Balaban J connectivity index is 2.18. The van der Waals surface area contributed by atoms with Crippen molar-refractivity contribution in [1.82, 2.24) is 8.61 Å². The molecule has 0 bridgehead atoms. The van der Waals surface area contributed by atoms with Gasteiger partial charge in [0, 0.05) is 19.6 Å². The first-order valence-electron chi connectivity index (χ1n) is 5.68. The first-order valence-corrected chi connectivity index (χ1v) is 7.08. The molecule has 2 fully saturated rings. The van der Waals surface area contributed by atoms with E-state index in [0.29, 0.717) is 13.2 Å². The van der Waals surface area contributed by atoms with E-state index in [-0.39, 0.29) is 32.8 Å². The summed E-state index contributed by atoms with van der Waals surface area (Å²) >= 11 is 0. The Morgan fingerprint density at radius 3 is 2.33 bits per heavy atom. The quantitative estimate of drug-likeness (QED) is 0.665. The predicted molar refractivity (Wildman–Crippen MR) is 60.3 cm³/mol. The molecule has 0 amide bonds. The highest BCUT2D eigenvalue weighted by molar-refractivity contribution is 7.86. The van der Waals surface area contributed by atoms with Crippen molar-refractivity contribution in [2.24, 2.45) is 0 Å². The summed E-state index contributed by atoms with van der Waals surface area (Å²) in [6.45, 7) is 1.35. The van der Waals surface area contributed by atoms with Crippen molar-refractivity contribution in [3.8, 4) is 0 Å². The van der Waals surface area contributed by atoms with Crippen molar-refractivity contribution >= 4 is 16.2 Å². The van der Waals surface area contributed by atoms with Gasteiger partial charge in [0.25, 0.3) is 10.2 Å². The van der Waals surface area contributed by atoms with Crippen molar-refractivity contribution in [2.45, 2.75) is 6.04 Å². The largest absolute Gasteiger partial charge is 0.480 e. The number of hydrogen-bond donors (Lipinski definition) is 1. The molecule has 2 aliphatic rings. The van der Waals surface area contributed by atoms with Crippen LogP contribution in [0.2, 0.25) is 0 Å². The van der Waals surface area contributed by atoms with Crippen LogP contribution in [0.25, 0.3) is 0 Å². The van der Waals surface area contributed by atoms with Crippen molar-refractivity contribution in [3.05, 3.63) is 0 Å². The van der Waals surface area contributed by atoms with Gasteiger partial charge in [0.2, 0.25) is 0 Å². The van der Waals surface area contributed by atoms with Crippen molar-refractivity contribution in [2.75, 3.05) is 46.1 Å². The molecule has 2 heterocycles. The fourth-order valence-corrected chi connectivity index (χ4v) is 3.67. The number of carboxylic acids is 1. The zero-order valence-electron chi connectivity index (χ0n) is 9.82. The highest BCUT2D eigenvalue weighted by Gasteiger charge is 2.40. The second-order valence-corrected chi connectivity index (χ2v) is 5.94. The molecule has 0 aromatic carbocycles. The number of carboxylic acid groups (broad SMARTS) is 1. The van der Waals surface area contributed by atoms with Crippen LogP contribution in [0.3, 0.4) is 0 Å². The van der Waals surface area contributed by atoms with Gasteiger partial charge in [0.1, 0.15) is 6.04 Å². The third-order valence-corrected chi connectivity index (χ3v) is 5.00. The molecule has 0 saturated carbocycles. The van der Waals surface area contributed by atoms with Crippen LogP contribution in [-0.2, 0) is 24.5 Å². The molecule has 2 rings (SSSR count). The molecule has 104 valence electrons. The lowest BCUT2D eigenvalue weighted by Gasteiger charge is -2.36. The SMILES string of the molecule is O=C(O)C1COCCN1S(=O)(=O)N1CCOCC1. The molecule has 1 N–H and O–H groups in total. The van der Waals surface area contributed by atoms with Gasteiger partial charge < -0.3 is 14.6 Å². The van der Waals surface area contributed by atoms with Crippen molar-refractivity contribution in [3.63, 3.8) is 0 Å². The smallest absolute Gasteiger partial charge is 0.324 e. The van der Waals surface area contributed by atoms with Crippen molar-refractivity contribution in [1.29, 1.82) is 0 Å². The molecule has 0 aromatic rings. The maximum Gasteiger partial charge on any atom is 0.324 e. The number of aliphatic carboxylic acids is 1.